The van der Waals surface area contributed by atoms with E-state index in [0.717, 1.165) is 44.3 Å². The molecule has 0 spiro atoms. The van der Waals surface area contributed by atoms with Crippen molar-refractivity contribution in [3.8, 4) is 11.5 Å². The maximum atomic E-state index is 5.94. The zero-order valence-corrected chi connectivity index (χ0v) is 13.2. The molecule has 0 radical (unpaired) electrons. The molecule has 1 aliphatic heterocycles. The lowest BCUT2D eigenvalue weighted by atomic mass is 10.2. The Hall–Kier alpha value is -1.30. The minimum Gasteiger partial charge on any atom is -0.493 e. The van der Waals surface area contributed by atoms with Crippen LogP contribution in [0, 0.1) is 0 Å². The molecule has 0 aromatic heterocycles. The van der Waals surface area contributed by atoms with Crippen molar-refractivity contribution in [1.29, 1.82) is 0 Å². The Morgan fingerprint density at radius 2 is 2.24 bits per heavy atom. The van der Waals surface area contributed by atoms with Gasteiger partial charge in [-0.15, -0.1) is 0 Å². The Labute approximate surface area is 127 Å². The van der Waals surface area contributed by atoms with E-state index in [1.165, 1.54) is 5.56 Å². The standard InChI is InChI=1S/C16H26N2O3/c1-4-18-7-8-20-14(11-18)12-21-16-9-13(10-17-2)5-6-15(16)19-3/h5-6,9,14,17H,4,7-8,10-12H2,1-3H3. The van der Waals surface area contributed by atoms with E-state index in [9.17, 15) is 0 Å². The van der Waals surface area contributed by atoms with Crippen molar-refractivity contribution in [2.45, 2.75) is 19.6 Å². The maximum Gasteiger partial charge on any atom is 0.161 e. The molecule has 5 nitrogen and oxygen atoms in total. The number of likely N-dealkylation sites (N-methyl/N-ethyl adjacent to an activating group) is 1. The van der Waals surface area contributed by atoms with Crippen LogP contribution < -0.4 is 14.8 Å². The van der Waals surface area contributed by atoms with Crippen LogP contribution >= 0.6 is 0 Å². The molecule has 1 aliphatic rings. The fraction of sp³-hybridized carbons (Fsp3) is 0.625. The quantitative estimate of drug-likeness (QED) is 0.826. The van der Waals surface area contributed by atoms with Crippen molar-refractivity contribution >= 4 is 0 Å². The van der Waals surface area contributed by atoms with E-state index in [0.29, 0.717) is 6.61 Å². The number of hydrogen-bond donors (Lipinski definition) is 1. The molecule has 0 aliphatic carbocycles. The zero-order valence-electron chi connectivity index (χ0n) is 13.2. The summed E-state index contributed by atoms with van der Waals surface area (Å²) in [6.07, 6.45) is 0.122. The topological polar surface area (TPSA) is 43.0 Å². The average Bonchev–Trinajstić information content (AvgIpc) is 2.53. The lowest BCUT2D eigenvalue weighted by Crippen LogP contribution is -2.44. The number of benzene rings is 1. The number of rotatable bonds is 7. The smallest absolute Gasteiger partial charge is 0.161 e. The first-order valence-electron chi connectivity index (χ1n) is 7.55. The van der Waals surface area contributed by atoms with Crippen molar-refractivity contribution in [3.05, 3.63) is 23.8 Å². The number of nitrogens with one attached hydrogen (secondary N) is 1. The van der Waals surface area contributed by atoms with Crippen LogP contribution in [0.1, 0.15) is 12.5 Å². The molecule has 1 saturated heterocycles. The molecule has 1 unspecified atom stereocenters. The monoisotopic (exact) mass is 294 g/mol. The molecule has 1 heterocycles. The van der Waals surface area contributed by atoms with Crippen molar-refractivity contribution in [2.75, 3.05) is 47.0 Å². The van der Waals surface area contributed by atoms with E-state index in [1.54, 1.807) is 7.11 Å². The van der Waals surface area contributed by atoms with E-state index >= 15 is 0 Å². The summed E-state index contributed by atoms with van der Waals surface area (Å²) in [5.41, 5.74) is 1.17. The second-order valence-corrected chi connectivity index (χ2v) is 5.21. The first-order valence-corrected chi connectivity index (χ1v) is 7.55. The number of nitrogens with zero attached hydrogens (tertiary/aromatic N) is 1. The molecular formula is C16H26N2O3. The zero-order chi connectivity index (χ0) is 15.1. The molecule has 118 valence electrons. The molecule has 0 bridgehead atoms. The van der Waals surface area contributed by atoms with Crippen LogP contribution in [0.3, 0.4) is 0 Å². The maximum absolute atomic E-state index is 5.94. The molecular weight excluding hydrogens is 268 g/mol. The molecule has 1 aromatic carbocycles. The first-order chi connectivity index (χ1) is 10.3. The predicted octanol–water partition coefficient (Wildman–Crippen LogP) is 1.51. The summed E-state index contributed by atoms with van der Waals surface area (Å²) >= 11 is 0. The van der Waals surface area contributed by atoms with Gasteiger partial charge in [0, 0.05) is 19.6 Å². The molecule has 0 saturated carbocycles. The van der Waals surface area contributed by atoms with Gasteiger partial charge in [0.1, 0.15) is 12.7 Å². The van der Waals surface area contributed by atoms with Gasteiger partial charge in [0.05, 0.1) is 13.7 Å². The van der Waals surface area contributed by atoms with Gasteiger partial charge in [-0.05, 0) is 31.3 Å². The van der Waals surface area contributed by atoms with Gasteiger partial charge in [-0.3, -0.25) is 4.90 Å². The fourth-order valence-electron chi connectivity index (χ4n) is 2.50. The minimum atomic E-state index is 0.122. The lowest BCUT2D eigenvalue weighted by Gasteiger charge is -2.32. The highest BCUT2D eigenvalue weighted by molar-refractivity contribution is 5.43. The first kappa shape index (κ1) is 16.1. The van der Waals surface area contributed by atoms with E-state index in [1.807, 2.05) is 25.2 Å². The normalized spacial score (nSPS) is 19.5. The average molecular weight is 294 g/mol. The third-order valence-electron chi connectivity index (χ3n) is 3.70. The summed E-state index contributed by atoms with van der Waals surface area (Å²) in [5.74, 6) is 1.54. The SMILES string of the molecule is CCN1CCOC(COc2cc(CNC)ccc2OC)C1. The summed E-state index contributed by atoms with van der Waals surface area (Å²) in [6.45, 7) is 7.30. The Kier molecular flexibility index (Phi) is 6.29. The van der Waals surface area contributed by atoms with Crippen LogP contribution in [-0.2, 0) is 11.3 Å². The minimum absolute atomic E-state index is 0.122. The molecule has 21 heavy (non-hydrogen) atoms. The van der Waals surface area contributed by atoms with Gasteiger partial charge in [0.2, 0.25) is 0 Å². The van der Waals surface area contributed by atoms with Gasteiger partial charge in [-0.2, -0.15) is 0 Å². The van der Waals surface area contributed by atoms with Crippen LogP contribution in [0.4, 0.5) is 0 Å². The summed E-state index contributed by atoms with van der Waals surface area (Å²) in [5, 5.41) is 3.14. The Balaban J connectivity index is 1.96. The van der Waals surface area contributed by atoms with E-state index in [4.69, 9.17) is 14.2 Å². The van der Waals surface area contributed by atoms with Crippen LogP contribution in [0.25, 0.3) is 0 Å². The van der Waals surface area contributed by atoms with Crippen LogP contribution in [0.2, 0.25) is 0 Å². The Bertz CT molecular complexity index is 440. The second kappa shape index (κ2) is 8.22. The van der Waals surface area contributed by atoms with Crippen molar-refractivity contribution in [3.63, 3.8) is 0 Å². The van der Waals surface area contributed by atoms with E-state index in [-0.39, 0.29) is 6.10 Å². The largest absolute Gasteiger partial charge is 0.493 e. The van der Waals surface area contributed by atoms with Crippen molar-refractivity contribution in [1.82, 2.24) is 10.2 Å². The van der Waals surface area contributed by atoms with Crippen LogP contribution in [0.15, 0.2) is 18.2 Å². The third kappa shape index (κ3) is 4.59. The Morgan fingerprint density at radius 1 is 1.38 bits per heavy atom. The molecule has 1 atom stereocenters. The molecule has 1 aromatic rings. The second-order valence-electron chi connectivity index (χ2n) is 5.21. The molecule has 0 amide bonds. The summed E-state index contributed by atoms with van der Waals surface area (Å²) in [4.78, 5) is 2.38. The number of morpholine rings is 1. The number of hydrogen-bond acceptors (Lipinski definition) is 5. The third-order valence-corrected chi connectivity index (χ3v) is 3.70. The highest BCUT2D eigenvalue weighted by Gasteiger charge is 2.20. The highest BCUT2D eigenvalue weighted by Crippen LogP contribution is 2.28. The molecule has 1 fully saturated rings. The van der Waals surface area contributed by atoms with Gasteiger partial charge in [-0.1, -0.05) is 13.0 Å². The number of ether oxygens (including phenoxy) is 3. The summed E-state index contributed by atoms with van der Waals surface area (Å²) in [6, 6.07) is 6.01. The molecule has 2 rings (SSSR count). The predicted molar refractivity (Wildman–Crippen MR) is 83.1 cm³/mol. The van der Waals surface area contributed by atoms with Gasteiger partial charge < -0.3 is 19.5 Å². The lowest BCUT2D eigenvalue weighted by molar-refractivity contribution is -0.0466. The molecule has 1 N–H and O–H groups in total. The van der Waals surface area contributed by atoms with Crippen LogP contribution in [0.5, 0.6) is 11.5 Å². The van der Waals surface area contributed by atoms with Gasteiger partial charge in [0.15, 0.2) is 11.5 Å². The van der Waals surface area contributed by atoms with Crippen molar-refractivity contribution < 1.29 is 14.2 Å². The van der Waals surface area contributed by atoms with E-state index < -0.39 is 0 Å². The fourth-order valence-corrected chi connectivity index (χ4v) is 2.50. The van der Waals surface area contributed by atoms with E-state index in [2.05, 4.69) is 17.1 Å². The molecule has 5 heteroatoms. The van der Waals surface area contributed by atoms with Gasteiger partial charge in [-0.25, -0.2) is 0 Å². The van der Waals surface area contributed by atoms with Crippen LogP contribution in [-0.4, -0.2) is 58.0 Å². The summed E-state index contributed by atoms with van der Waals surface area (Å²) < 4.78 is 17.1. The number of methoxy groups -OCH3 is 1. The highest BCUT2D eigenvalue weighted by atomic mass is 16.5. The van der Waals surface area contributed by atoms with Gasteiger partial charge >= 0.3 is 0 Å². The Morgan fingerprint density at radius 3 is 2.95 bits per heavy atom. The summed E-state index contributed by atoms with van der Waals surface area (Å²) in [7, 11) is 3.59. The van der Waals surface area contributed by atoms with Gasteiger partial charge in [0.25, 0.3) is 0 Å². The van der Waals surface area contributed by atoms with Crippen molar-refractivity contribution in [2.24, 2.45) is 0 Å².